The first-order valence-corrected chi connectivity index (χ1v) is 8.70. The van der Waals surface area contributed by atoms with Crippen LogP contribution in [0.3, 0.4) is 0 Å². The number of hydrogen-bond donors (Lipinski definition) is 1. The summed E-state index contributed by atoms with van der Waals surface area (Å²) in [5, 5.41) is 0. The monoisotopic (exact) mass is 380 g/mol. The van der Waals surface area contributed by atoms with Gasteiger partial charge < -0.3 is 9.64 Å². The van der Waals surface area contributed by atoms with E-state index in [4.69, 9.17) is 0 Å². The minimum Gasteiger partial charge on any atom is -0.406 e. The van der Waals surface area contributed by atoms with Crippen molar-refractivity contribution < 1.29 is 31.1 Å². The number of alkyl halides is 3. The maximum absolute atomic E-state index is 12.1. The van der Waals surface area contributed by atoms with Gasteiger partial charge in [-0.15, -0.1) is 13.2 Å². The van der Waals surface area contributed by atoms with E-state index in [9.17, 15) is 26.4 Å². The van der Waals surface area contributed by atoms with Gasteiger partial charge in [0.05, 0.1) is 11.4 Å². The number of halogens is 3. The summed E-state index contributed by atoms with van der Waals surface area (Å²) >= 11 is 0. The van der Waals surface area contributed by atoms with E-state index < -0.39 is 34.6 Å². The number of nitrogens with one attached hydrogen (secondary N) is 1. The highest BCUT2D eigenvalue weighted by atomic mass is 32.2. The normalized spacial score (nSPS) is 11.9. The van der Waals surface area contributed by atoms with Gasteiger partial charge in [0, 0.05) is 13.1 Å². The van der Waals surface area contributed by atoms with Crippen molar-refractivity contribution in [2.75, 3.05) is 19.6 Å². The molecule has 0 bridgehead atoms. The molecule has 1 rings (SSSR count). The van der Waals surface area contributed by atoms with Gasteiger partial charge in [0.15, 0.2) is 0 Å². The summed E-state index contributed by atoms with van der Waals surface area (Å²) in [6.07, 6.45) is -4.86. The summed E-state index contributed by atoms with van der Waals surface area (Å²) in [6, 6.07) is 3.67. The van der Waals surface area contributed by atoms with Gasteiger partial charge in [0.2, 0.25) is 15.9 Å². The third-order valence-corrected chi connectivity index (χ3v) is 4.39. The molecule has 0 heterocycles. The van der Waals surface area contributed by atoms with E-state index in [-0.39, 0.29) is 4.90 Å². The summed E-state index contributed by atoms with van der Waals surface area (Å²) in [5.41, 5.74) is 0.748. The standard InChI is InChI=1S/C15H19F3N2O4S/c1-4-20(10-11(2)3)14(21)9-19-25(22,23)13-7-5-12(6-8-13)24-15(16,17)18/h5-8,19H,2,4,9-10H2,1,3H3. The van der Waals surface area contributed by atoms with Crippen molar-refractivity contribution in [3.63, 3.8) is 0 Å². The third-order valence-electron chi connectivity index (χ3n) is 2.98. The minimum atomic E-state index is -4.86. The zero-order chi connectivity index (χ0) is 19.3. The van der Waals surface area contributed by atoms with Gasteiger partial charge in [-0.05, 0) is 38.1 Å². The zero-order valence-corrected chi connectivity index (χ0v) is 14.6. The van der Waals surface area contributed by atoms with Gasteiger partial charge in [0.25, 0.3) is 0 Å². The number of benzene rings is 1. The van der Waals surface area contributed by atoms with Crippen molar-refractivity contribution in [1.29, 1.82) is 0 Å². The van der Waals surface area contributed by atoms with E-state index in [0.29, 0.717) is 13.1 Å². The average Bonchev–Trinajstić information content (AvgIpc) is 2.49. The Morgan fingerprint density at radius 1 is 1.28 bits per heavy atom. The molecule has 1 aromatic rings. The Bertz CT molecular complexity index is 715. The van der Waals surface area contributed by atoms with Crippen LogP contribution in [0.1, 0.15) is 13.8 Å². The average molecular weight is 380 g/mol. The summed E-state index contributed by atoms with van der Waals surface area (Å²) in [7, 11) is -4.04. The first-order valence-electron chi connectivity index (χ1n) is 7.22. The molecule has 1 aromatic carbocycles. The maximum atomic E-state index is 12.1. The lowest BCUT2D eigenvalue weighted by Crippen LogP contribution is -2.40. The molecule has 0 unspecified atom stereocenters. The smallest absolute Gasteiger partial charge is 0.406 e. The lowest BCUT2D eigenvalue weighted by atomic mass is 10.3. The quantitative estimate of drug-likeness (QED) is 0.702. The Labute approximate surface area is 144 Å². The number of ether oxygens (including phenoxy) is 1. The van der Waals surface area contributed by atoms with E-state index in [1.165, 1.54) is 4.90 Å². The molecule has 0 saturated carbocycles. The van der Waals surface area contributed by atoms with Crippen LogP contribution in [0.15, 0.2) is 41.3 Å². The predicted molar refractivity (Wildman–Crippen MR) is 85.4 cm³/mol. The number of sulfonamides is 1. The van der Waals surface area contributed by atoms with Crippen molar-refractivity contribution in [1.82, 2.24) is 9.62 Å². The Kier molecular flexibility index (Phi) is 7.00. The number of rotatable bonds is 8. The molecular formula is C15H19F3N2O4S. The highest BCUT2D eigenvalue weighted by Gasteiger charge is 2.31. The summed E-state index contributed by atoms with van der Waals surface area (Å²) in [5.74, 6) is -0.979. The summed E-state index contributed by atoms with van der Waals surface area (Å²) in [4.78, 5) is 13.2. The van der Waals surface area contributed by atoms with Crippen LogP contribution in [0.5, 0.6) is 5.75 Å². The van der Waals surface area contributed by atoms with Gasteiger partial charge in [-0.3, -0.25) is 4.79 Å². The first kappa shape index (κ1) is 21.0. The van der Waals surface area contributed by atoms with Crippen molar-refractivity contribution in [3.05, 3.63) is 36.4 Å². The van der Waals surface area contributed by atoms with Crippen LogP contribution >= 0.6 is 0 Å². The summed E-state index contributed by atoms with van der Waals surface area (Å²) < 4.78 is 66.2. The molecular weight excluding hydrogens is 361 g/mol. The van der Waals surface area contributed by atoms with E-state index in [1.54, 1.807) is 13.8 Å². The van der Waals surface area contributed by atoms with E-state index in [2.05, 4.69) is 16.0 Å². The van der Waals surface area contributed by atoms with Crippen molar-refractivity contribution in [2.45, 2.75) is 25.1 Å². The van der Waals surface area contributed by atoms with E-state index in [0.717, 1.165) is 29.8 Å². The number of carbonyl (C=O) groups excluding carboxylic acids is 1. The highest BCUT2D eigenvalue weighted by molar-refractivity contribution is 7.89. The van der Waals surface area contributed by atoms with Crippen LogP contribution in [-0.4, -0.2) is 45.2 Å². The van der Waals surface area contributed by atoms with Gasteiger partial charge in [-0.1, -0.05) is 12.2 Å². The lowest BCUT2D eigenvalue weighted by Gasteiger charge is -2.21. The molecule has 25 heavy (non-hydrogen) atoms. The SMILES string of the molecule is C=C(C)CN(CC)C(=O)CNS(=O)(=O)c1ccc(OC(F)(F)F)cc1. The molecule has 0 spiro atoms. The maximum Gasteiger partial charge on any atom is 0.573 e. The van der Waals surface area contributed by atoms with Gasteiger partial charge in [0.1, 0.15) is 5.75 Å². The van der Waals surface area contributed by atoms with E-state index >= 15 is 0 Å². The number of hydrogen-bond acceptors (Lipinski definition) is 4. The molecule has 0 aliphatic heterocycles. The van der Waals surface area contributed by atoms with Crippen LogP contribution in [-0.2, 0) is 14.8 Å². The van der Waals surface area contributed by atoms with Crippen LogP contribution in [0.25, 0.3) is 0 Å². The fourth-order valence-electron chi connectivity index (χ4n) is 1.87. The Morgan fingerprint density at radius 3 is 2.28 bits per heavy atom. The fraction of sp³-hybridized carbons (Fsp3) is 0.400. The number of amides is 1. The Morgan fingerprint density at radius 2 is 1.84 bits per heavy atom. The molecule has 0 aliphatic carbocycles. The van der Waals surface area contributed by atoms with Crippen LogP contribution < -0.4 is 9.46 Å². The predicted octanol–water partition coefficient (Wildman–Crippen LogP) is 2.29. The fourth-order valence-corrected chi connectivity index (χ4v) is 2.85. The van der Waals surface area contributed by atoms with Crippen molar-refractivity contribution >= 4 is 15.9 Å². The van der Waals surface area contributed by atoms with Gasteiger partial charge in [-0.25, -0.2) is 13.1 Å². The molecule has 0 aliphatic rings. The second kappa shape index (κ2) is 8.34. The molecule has 1 N–H and O–H groups in total. The highest BCUT2D eigenvalue weighted by Crippen LogP contribution is 2.23. The lowest BCUT2D eigenvalue weighted by molar-refractivity contribution is -0.274. The van der Waals surface area contributed by atoms with Crippen molar-refractivity contribution in [3.8, 4) is 5.75 Å². The molecule has 0 saturated heterocycles. The second-order valence-corrected chi connectivity index (χ2v) is 6.98. The summed E-state index contributed by atoms with van der Waals surface area (Å²) in [6.45, 7) is 7.40. The molecule has 0 radical (unpaired) electrons. The molecule has 10 heteroatoms. The molecule has 0 aromatic heterocycles. The van der Waals surface area contributed by atoms with Gasteiger partial charge in [-0.2, -0.15) is 0 Å². The topological polar surface area (TPSA) is 75.7 Å². The largest absolute Gasteiger partial charge is 0.573 e. The zero-order valence-electron chi connectivity index (χ0n) is 13.8. The van der Waals surface area contributed by atoms with Crippen LogP contribution in [0, 0.1) is 0 Å². The molecule has 140 valence electrons. The second-order valence-electron chi connectivity index (χ2n) is 5.21. The molecule has 0 fully saturated rings. The molecule has 1 amide bonds. The number of carbonyl (C=O) groups is 1. The van der Waals surface area contributed by atoms with Crippen molar-refractivity contribution in [2.24, 2.45) is 0 Å². The van der Waals surface area contributed by atoms with Crippen LogP contribution in [0.2, 0.25) is 0 Å². The third kappa shape index (κ3) is 7.14. The molecule has 0 atom stereocenters. The minimum absolute atomic E-state index is 0.280. The Balaban J connectivity index is 2.75. The first-order chi connectivity index (χ1) is 11.4. The number of likely N-dealkylation sites (N-methyl/N-ethyl adjacent to an activating group) is 1. The number of nitrogens with zero attached hydrogens (tertiary/aromatic N) is 1. The van der Waals surface area contributed by atoms with E-state index in [1.807, 2.05) is 0 Å². The van der Waals surface area contributed by atoms with Gasteiger partial charge >= 0.3 is 6.36 Å². The van der Waals surface area contributed by atoms with Crippen LogP contribution in [0.4, 0.5) is 13.2 Å². The molecule has 6 nitrogen and oxygen atoms in total. The Hall–Kier alpha value is -2.07.